The van der Waals surface area contributed by atoms with Gasteiger partial charge in [0.15, 0.2) is 0 Å². The molecular weight excluding hydrogens is 358 g/mol. The highest BCUT2D eigenvalue weighted by molar-refractivity contribution is 7.17. The van der Waals surface area contributed by atoms with Crippen molar-refractivity contribution in [2.24, 2.45) is 0 Å². The van der Waals surface area contributed by atoms with Crippen LogP contribution < -0.4 is 15.4 Å². The first-order valence-corrected chi connectivity index (χ1v) is 9.01. The molecule has 0 aliphatic carbocycles. The fraction of sp³-hybridized carbons (Fsp3) is 0.211. The molecule has 0 bridgehead atoms. The Morgan fingerprint density at radius 1 is 1.04 bits per heavy atom. The molecule has 26 heavy (non-hydrogen) atoms. The Balaban J connectivity index is 1.48. The SMILES string of the molecule is O=C(NCCc1csc2ccccc12)NCc1ccccc1OC(F)F. The predicted octanol–water partition coefficient (Wildman–Crippen LogP) is 4.54. The number of fused-ring (bicyclic) bond motifs is 1. The molecule has 0 aliphatic rings. The third-order valence-electron chi connectivity index (χ3n) is 3.87. The predicted molar refractivity (Wildman–Crippen MR) is 98.8 cm³/mol. The minimum absolute atomic E-state index is 0.0625. The van der Waals surface area contributed by atoms with Crippen molar-refractivity contribution >= 4 is 27.5 Å². The first-order valence-electron chi connectivity index (χ1n) is 8.13. The lowest BCUT2D eigenvalue weighted by Crippen LogP contribution is -2.36. The molecule has 1 aromatic heterocycles. The van der Waals surface area contributed by atoms with Crippen LogP contribution in [0.2, 0.25) is 0 Å². The molecule has 0 unspecified atom stereocenters. The number of carbonyl (C=O) groups is 1. The minimum atomic E-state index is -2.90. The average molecular weight is 376 g/mol. The molecule has 3 rings (SSSR count). The number of ether oxygens (including phenoxy) is 1. The van der Waals surface area contributed by atoms with E-state index in [1.54, 1.807) is 29.5 Å². The second-order valence-electron chi connectivity index (χ2n) is 5.60. The van der Waals surface area contributed by atoms with E-state index in [-0.39, 0.29) is 18.3 Å². The van der Waals surface area contributed by atoms with Crippen molar-refractivity contribution in [2.75, 3.05) is 6.54 Å². The van der Waals surface area contributed by atoms with Crippen molar-refractivity contribution in [2.45, 2.75) is 19.6 Å². The lowest BCUT2D eigenvalue weighted by Gasteiger charge is -2.12. The van der Waals surface area contributed by atoms with Crippen LogP contribution in [0.4, 0.5) is 13.6 Å². The van der Waals surface area contributed by atoms with E-state index in [1.807, 2.05) is 12.1 Å². The minimum Gasteiger partial charge on any atom is -0.434 e. The highest BCUT2D eigenvalue weighted by Crippen LogP contribution is 2.25. The number of urea groups is 1. The first kappa shape index (κ1) is 18.1. The van der Waals surface area contributed by atoms with Gasteiger partial charge < -0.3 is 15.4 Å². The molecular formula is C19H18F2N2O2S. The number of amides is 2. The molecule has 2 aromatic carbocycles. The highest BCUT2D eigenvalue weighted by Gasteiger charge is 2.10. The number of halogens is 2. The molecule has 136 valence electrons. The molecule has 0 saturated carbocycles. The summed E-state index contributed by atoms with van der Waals surface area (Å²) in [5, 5.41) is 8.74. The Morgan fingerprint density at radius 3 is 2.65 bits per heavy atom. The number of thiophene rings is 1. The maximum atomic E-state index is 12.4. The van der Waals surface area contributed by atoms with Crippen molar-refractivity contribution in [1.82, 2.24) is 10.6 Å². The van der Waals surface area contributed by atoms with Crippen molar-refractivity contribution in [3.8, 4) is 5.75 Å². The van der Waals surface area contributed by atoms with Gasteiger partial charge in [-0.15, -0.1) is 11.3 Å². The summed E-state index contributed by atoms with van der Waals surface area (Å²) in [6.07, 6.45) is 0.725. The average Bonchev–Trinajstić information content (AvgIpc) is 3.04. The molecule has 0 aliphatic heterocycles. The molecule has 0 atom stereocenters. The monoisotopic (exact) mass is 376 g/mol. The summed E-state index contributed by atoms with van der Waals surface area (Å²) < 4.78 is 30.5. The van der Waals surface area contributed by atoms with Gasteiger partial charge in [0.2, 0.25) is 0 Å². The van der Waals surface area contributed by atoms with Gasteiger partial charge in [-0.05, 0) is 34.9 Å². The second kappa shape index (κ2) is 8.62. The van der Waals surface area contributed by atoms with Crippen LogP contribution >= 0.6 is 11.3 Å². The van der Waals surface area contributed by atoms with Crippen LogP contribution in [0.15, 0.2) is 53.9 Å². The summed E-state index contributed by atoms with van der Waals surface area (Å²) in [7, 11) is 0. The van der Waals surface area contributed by atoms with Gasteiger partial charge in [0.05, 0.1) is 0 Å². The molecule has 0 fully saturated rings. The van der Waals surface area contributed by atoms with E-state index in [0.29, 0.717) is 12.1 Å². The molecule has 1 heterocycles. The standard InChI is InChI=1S/C19H18F2N2O2S/c20-18(21)25-16-7-3-1-5-13(16)11-23-19(24)22-10-9-14-12-26-17-8-4-2-6-15(14)17/h1-8,12,18H,9-11H2,(H2,22,23,24). The van der Waals surface area contributed by atoms with Gasteiger partial charge in [0.1, 0.15) is 5.75 Å². The summed E-state index contributed by atoms with van der Waals surface area (Å²) >= 11 is 1.68. The maximum Gasteiger partial charge on any atom is 0.387 e. The number of hydrogen-bond donors (Lipinski definition) is 2. The zero-order valence-electron chi connectivity index (χ0n) is 13.9. The molecule has 7 heteroatoms. The van der Waals surface area contributed by atoms with E-state index >= 15 is 0 Å². The third-order valence-corrected chi connectivity index (χ3v) is 4.88. The van der Waals surface area contributed by atoms with Gasteiger partial charge in [-0.25, -0.2) is 4.79 Å². The smallest absolute Gasteiger partial charge is 0.387 e. The Morgan fingerprint density at radius 2 is 1.81 bits per heavy atom. The summed E-state index contributed by atoms with van der Waals surface area (Å²) in [5.41, 5.74) is 1.69. The lowest BCUT2D eigenvalue weighted by atomic mass is 10.1. The molecule has 4 nitrogen and oxygen atoms in total. The topological polar surface area (TPSA) is 50.4 Å². The Hall–Kier alpha value is -2.67. The van der Waals surface area contributed by atoms with E-state index in [9.17, 15) is 13.6 Å². The van der Waals surface area contributed by atoms with E-state index in [4.69, 9.17) is 0 Å². The molecule has 0 spiro atoms. The molecule has 3 aromatic rings. The summed E-state index contributed by atoms with van der Waals surface area (Å²) in [5.74, 6) is 0.0625. The largest absolute Gasteiger partial charge is 0.434 e. The van der Waals surface area contributed by atoms with E-state index in [2.05, 4.69) is 32.9 Å². The normalized spacial score (nSPS) is 10.9. The number of carbonyl (C=O) groups excluding carboxylic acids is 1. The van der Waals surface area contributed by atoms with Gasteiger partial charge in [-0.2, -0.15) is 8.78 Å². The van der Waals surface area contributed by atoms with E-state index in [0.717, 1.165) is 6.42 Å². The van der Waals surface area contributed by atoms with E-state index in [1.165, 1.54) is 21.7 Å². The molecule has 2 amide bonds. The Labute approximate surface area is 153 Å². The Bertz CT molecular complexity index is 883. The zero-order chi connectivity index (χ0) is 18.4. The molecule has 0 saturated heterocycles. The number of para-hydroxylation sites is 1. The van der Waals surface area contributed by atoms with Crippen LogP contribution in [0.5, 0.6) is 5.75 Å². The van der Waals surface area contributed by atoms with Crippen molar-refractivity contribution in [3.05, 3.63) is 65.0 Å². The number of rotatable bonds is 7. The van der Waals surface area contributed by atoms with Crippen LogP contribution in [-0.4, -0.2) is 19.2 Å². The molecule has 0 radical (unpaired) electrons. The number of alkyl halides is 2. The van der Waals surface area contributed by atoms with Crippen LogP contribution in [-0.2, 0) is 13.0 Å². The van der Waals surface area contributed by atoms with Gasteiger partial charge in [-0.1, -0.05) is 36.4 Å². The number of benzene rings is 2. The van der Waals surface area contributed by atoms with Gasteiger partial charge in [0.25, 0.3) is 0 Å². The van der Waals surface area contributed by atoms with Crippen LogP contribution in [0.25, 0.3) is 10.1 Å². The molecule has 2 N–H and O–H groups in total. The van der Waals surface area contributed by atoms with Crippen LogP contribution in [0, 0.1) is 0 Å². The fourth-order valence-electron chi connectivity index (χ4n) is 2.64. The lowest BCUT2D eigenvalue weighted by molar-refractivity contribution is -0.0504. The van der Waals surface area contributed by atoms with Crippen LogP contribution in [0.1, 0.15) is 11.1 Å². The first-order chi connectivity index (χ1) is 12.6. The Kier molecular flexibility index (Phi) is 6.01. The van der Waals surface area contributed by atoms with Crippen molar-refractivity contribution in [1.29, 1.82) is 0 Å². The van der Waals surface area contributed by atoms with Crippen molar-refractivity contribution in [3.63, 3.8) is 0 Å². The highest BCUT2D eigenvalue weighted by atomic mass is 32.1. The summed E-state index contributed by atoms with van der Waals surface area (Å²) in [4.78, 5) is 11.9. The second-order valence-corrected chi connectivity index (χ2v) is 6.51. The maximum absolute atomic E-state index is 12.4. The third kappa shape index (κ3) is 4.70. The van der Waals surface area contributed by atoms with Gasteiger partial charge in [-0.3, -0.25) is 0 Å². The zero-order valence-corrected chi connectivity index (χ0v) is 14.7. The van der Waals surface area contributed by atoms with Gasteiger partial charge >= 0.3 is 12.6 Å². The fourth-order valence-corrected chi connectivity index (χ4v) is 3.63. The quantitative estimate of drug-likeness (QED) is 0.636. The number of nitrogens with one attached hydrogen (secondary N) is 2. The number of hydrogen-bond acceptors (Lipinski definition) is 3. The van der Waals surface area contributed by atoms with E-state index < -0.39 is 6.61 Å². The summed E-state index contributed by atoms with van der Waals surface area (Å²) in [6, 6.07) is 14.2. The van der Waals surface area contributed by atoms with Gasteiger partial charge in [0, 0.05) is 23.4 Å². The van der Waals surface area contributed by atoms with Crippen molar-refractivity contribution < 1.29 is 18.3 Å². The van der Waals surface area contributed by atoms with Crippen LogP contribution in [0.3, 0.4) is 0 Å². The summed E-state index contributed by atoms with van der Waals surface area (Å²) in [6.45, 7) is -2.30.